The monoisotopic (exact) mass is 403 g/mol. The number of aromatic hydroxyl groups is 1. The van der Waals surface area contributed by atoms with Crippen molar-refractivity contribution in [3.63, 3.8) is 0 Å². The number of benzene rings is 1. The van der Waals surface area contributed by atoms with Crippen LogP contribution < -0.4 is 15.0 Å². The summed E-state index contributed by atoms with van der Waals surface area (Å²) in [6.45, 7) is 2.53. The fourth-order valence-corrected chi connectivity index (χ4v) is 3.38. The summed E-state index contributed by atoms with van der Waals surface area (Å²) in [5.41, 5.74) is 0.787. The zero-order chi connectivity index (χ0) is 21.0. The van der Waals surface area contributed by atoms with Crippen molar-refractivity contribution in [3.05, 3.63) is 51.9 Å². The van der Waals surface area contributed by atoms with E-state index in [1.165, 1.54) is 9.47 Å². The number of rotatable bonds is 6. The fraction of sp³-hybridized carbons (Fsp3) is 0.400. The Morgan fingerprint density at radius 1 is 1.03 bits per heavy atom. The highest BCUT2D eigenvalue weighted by molar-refractivity contribution is 5.65. The molecule has 1 fully saturated rings. The van der Waals surface area contributed by atoms with Gasteiger partial charge in [0.15, 0.2) is 5.75 Å². The van der Waals surface area contributed by atoms with Gasteiger partial charge in [-0.05, 0) is 24.3 Å². The maximum atomic E-state index is 12.7. The molecular weight excluding hydrogens is 378 g/mol. The Labute approximate surface area is 168 Å². The van der Waals surface area contributed by atoms with E-state index in [1.54, 1.807) is 44.7 Å². The van der Waals surface area contributed by atoms with E-state index in [2.05, 4.69) is 0 Å². The quantitative estimate of drug-likeness (QED) is 0.752. The van der Waals surface area contributed by atoms with E-state index in [0.717, 1.165) is 5.56 Å². The number of nitrogens with zero attached hydrogens (tertiary/aromatic N) is 3. The van der Waals surface area contributed by atoms with Crippen molar-refractivity contribution in [3.8, 4) is 17.2 Å². The van der Waals surface area contributed by atoms with Gasteiger partial charge in [0.25, 0.3) is 5.56 Å². The molecule has 0 bridgehead atoms. The highest BCUT2D eigenvalue weighted by Crippen LogP contribution is 2.25. The summed E-state index contributed by atoms with van der Waals surface area (Å²) in [6.07, 6.45) is 0.715. The van der Waals surface area contributed by atoms with Gasteiger partial charge in [-0.3, -0.25) is 9.69 Å². The summed E-state index contributed by atoms with van der Waals surface area (Å²) in [4.78, 5) is 27.0. The number of ether oxygens (including phenoxy) is 2. The molecule has 1 aliphatic heterocycles. The average Bonchev–Trinajstić information content (AvgIpc) is 2.73. The van der Waals surface area contributed by atoms with E-state index in [4.69, 9.17) is 14.6 Å². The number of amides is 1. The second-order valence-electron chi connectivity index (χ2n) is 6.85. The predicted octanol–water partition coefficient (Wildman–Crippen LogP) is 1.42. The summed E-state index contributed by atoms with van der Waals surface area (Å²) in [6, 6.07) is 7.05. The Hall–Kier alpha value is -3.20. The minimum atomic E-state index is -0.928. The lowest BCUT2D eigenvalue weighted by Gasteiger charge is -2.33. The highest BCUT2D eigenvalue weighted by atomic mass is 16.5. The standard InChI is InChI=1S/C20H25N3O6/c1-28-16-3-4-17(29-2)15(11-16)13-23-6-5-14(18(24)19(23)25)12-21-7-9-22(10-8-21)20(26)27/h3-6,11,24H,7-10,12-13H2,1-2H3,(H,26,27). The lowest BCUT2D eigenvalue weighted by molar-refractivity contribution is 0.102. The fourth-order valence-electron chi connectivity index (χ4n) is 3.38. The summed E-state index contributed by atoms with van der Waals surface area (Å²) in [7, 11) is 3.12. The normalized spacial score (nSPS) is 14.6. The van der Waals surface area contributed by atoms with Crippen molar-refractivity contribution >= 4 is 6.09 Å². The van der Waals surface area contributed by atoms with Crippen LogP contribution in [-0.2, 0) is 13.1 Å². The predicted molar refractivity (Wildman–Crippen MR) is 106 cm³/mol. The van der Waals surface area contributed by atoms with Crippen LogP contribution in [0, 0.1) is 0 Å². The van der Waals surface area contributed by atoms with E-state index in [0.29, 0.717) is 49.8 Å². The van der Waals surface area contributed by atoms with Crippen LogP contribution in [-0.4, -0.2) is 71.1 Å². The third-order valence-corrected chi connectivity index (χ3v) is 5.09. The van der Waals surface area contributed by atoms with Gasteiger partial charge in [-0.15, -0.1) is 0 Å². The Morgan fingerprint density at radius 2 is 1.76 bits per heavy atom. The molecule has 2 N–H and O–H groups in total. The van der Waals surface area contributed by atoms with Crippen molar-refractivity contribution in [2.24, 2.45) is 0 Å². The molecular formula is C20H25N3O6. The minimum absolute atomic E-state index is 0.227. The van der Waals surface area contributed by atoms with E-state index < -0.39 is 11.7 Å². The number of carboxylic acid groups (broad SMARTS) is 1. The van der Waals surface area contributed by atoms with Crippen LogP contribution in [0.5, 0.6) is 17.2 Å². The number of hydrogen-bond acceptors (Lipinski definition) is 6. The van der Waals surface area contributed by atoms with E-state index in [9.17, 15) is 14.7 Å². The van der Waals surface area contributed by atoms with Gasteiger partial charge >= 0.3 is 6.09 Å². The highest BCUT2D eigenvalue weighted by Gasteiger charge is 2.21. The van der Waals surface area contributed by atoms with Gasteiger partial charge in [0.1, 0.15) is 11.5 Å². The number of piperazine rings is 1. The summed E-state index contributed by atoms with van der Waals surface area (Å²) < 4.78 is 12.0. The molecule has 2 aromatic rings. The summed E-state index contributed by atoms with van der Waals surface area (Å²) in [5.74, 6) is 0.975. The number of aromatic nitrogens is 1. The first kappa shape index (κ1) is 20.5. The molecule has 0 radical (unpaired) electrons. The average molecular weight is 403 g/mol. The van der Waals surface area contributed by atoms with Crippen molar-refractivity contribution in [1.82, 2.24) is 14.4 Å². The zero-order valence-electron chi connectivity index (χ0n) is 16.5. The molecule has 156 valence electrons. The minimum Gasteiger partial charge on any atom is -0.503 e. The molecule has 9 nitrogen and oxygen atoms in total. The molecule has 1 aliphatic rings. The maximum absolute atomic E-state index is 12.7. The van der Waals surface area contributed by atoms with Gasteiger partial charge in [-0.25, -0.2) is 4.79 Å². The summed E-state index contributed by atoms with van der Waals surface area (Å²) in [5, 5.41) is 19.5. The zero-order valence-corrected chi connectivity index (χ0v) is 16.5. The van der Waals surface area contributed by atoms with Crippen LogP contribution in [0.25, 0.3) is 0 Å². The molecule has 3 rings (SSSR count). The molecule has 0 spiro atoms. The second kappa shape index (κ2) is 8.87. The van der Waals surface area contributed by atoms with E-state index in [-0.39, 0.29) is 12.3 Å². The van der Waals surface area contributed by atoms with Gasteiger partial charge in [0.2, 0.25) is 0 Å². The topological polar surface area (TPSA) is 104 Å². The Morgan fingerprint density at radius 3 is 2.38 bits per heavy atom. The van der Waals surface area contributed by atoms with Crippen LogP contribution in [0.3, 0.4) is 0 Å². The van der Waals surface area contributed by atoms with Crippen molar-refractivity contribution < 1.29 is 24.5 Å². The molecule has 1 aromatic heterocycles. The van der Waals surface area contributed by atoms with Crippen molar-refractivity contribution in [2.45, 2.75) is 13.1 Å². The Balaban J connectivity index is 1.75. The van der Waals surface area contributed by atoms with Crippen LogP contribution in [0.2, 0.25) is 0 Å². The molecule has 1 amide bonds. The second-order valence-corrected chi connectivity index (χ2v) is 6.85. The third-order valence-electron chi connectivity index (χ3n) is 5.09. The first-order valence-corrected chi connectivity index (χ1v) is 9.25. The molecule has 0 aliphatic carbocycles. The molecule has 1 aromatic carbocycles. The molecule has 0 saturated carbocycles. The van der Waals surface area contributed by atoms with Crippen molar-refractivity contribution in [1.29, 1.82) is 0 Å². The van der Waals surface area contributed by atoms with Gasteiger partial charge in [0, 0.05) is 50.0 Å². The van der Waals surface area contributed by atoms with Crippen molar-refractivity contribution in [2.75, 3.05) is 40.4 Å². The summed E-state index contributed by atoms with van der Waals surface area (Å²) >= 11 is 0. The number of methoxy groups -OCH3 is 2. The smallest absolute Gasteiger partial charge is 0.407 e. The molecule has 9 heteroatoms. The van der Waals surface area contributed by atoms with E-state index in [1.807, 2.05) is 4.90 Å². The van der Waals surface area contributed by atoms with Gasteiger partial charge in [-0.1, -0.05) is 0 Å². The van der Waals surface area contributed by atoms with Gasteiger partial charge < -0.3 is 29.2 Å². The van der Waals surface area contributed by atoms with Crippen LogP contribution in [0.15, 0.2) is 35.3 Å². The van der Waals surface area contributed by atoms with Gasteiger partial charge in [-0.2, -0.15) is 0 Å². The molecule has 29 heavy (non-hydrogen) atoms. The Bertz CT molecular complexity index is 934. The van der Waals surface area contributed by atoms with E-state index >= 15 is 0 Å². The molecule has 1 saturated heterocycles. The maximum Gasteiger partial charge on any atom is 0.407 e. The van der Waals surface area contributed by atoms with Gasteiger partial charge in [0.05, 0.1) is 20.8 Å². The molecule has 0 unspecified atom stereocenters. The van der Waals surface area contributed by atoms with Crippen LogP contribution >= 0.6 is 0 Å². The largest absolute Gasteiger partial charge is 0.503 e. The first-order valence-electron chi connectivity index (χ1n) is 9.25. The Kier molecular flexibility index (Phi) is 6.28. The first-order chi connectivity index (χ1) is 13.9. The lowest BCUT2D eigenvalue weighted by atomic mass is 10.1. The van der Waals surface area contributed by atoms with Crippen LogP contribution in [0.4, 0.5) is 4.79 Å². The SMILES string of the molecule is COc1ccc(OC)c(Cn2ccc(CN3CCN(C(=O)O)CC3)c(O)c2=O)c1. The molecule has 0 atom stereocenters. The number of pyridine rings is 1. The van der Waals surface area contributed by atoms with Crippen LogP contribution in [0.1, 0.15) is 11.1 Å². The lowest BCUT2D eigenvalue weighted by Crippen LogP contribution is -2.47. The number of hydrogen-bond donors (Lipinski definition) is 2. The number of carbonyl (C=O) groups is 1. The third kappa shape index (κ3) is 4.62. The molecule has 2 heterocycles.